The fourth-order valence-corrected chi connectivity index (χ4v) is 3.75. The predicted octanol–water partition coefficient (Wildman–Crippen LogP) is 0.446. The van der Waals surface area contributed by atoms with Crippen LogP contribution in [0.25, 0.3) is 0 Å². The van der Waals surface area contributed by atoms with Gasteiger partial charge in [0.25, 0.3) is 0 Å². The van der Waals surface area contributed by atoms with Gasteiger partial charge >= 0.3 is 5.91 Å². The molecule has 3 atom stereocenters. The molecule has 1 aliphatic carbocycles. The van der Waals surface area contributed by atoms with Gasteiger partial charge in [0, 0.05) is 6.92 Å². The van der Waals surface area contributed by atoms with Crippen LogP contribution in [0.5, 0.6) is 5.75 Å². The van der Waals surface area contributed by atoms with Crippen molar-refractivity contribution in [3.05, 3.63) is 65.9 Å². The lowest BCUT2D eigenvalue weighted by Gasteiger charge is -2.41. The Kier molecular flexibility index (Phi) is 4.77. The normalized spacial score (nSPS) is 25.6. The van der Waals surface area contributed by atoms with Crippen LogP contribution in [0.4, 0.5) is 11.4 Å². The minimum Gasteiger partial charge on any atom is -0.847 e. The number of allylic oxidation sites excluding steroid dienone is 1. The summed E-state index contributed by atoms with van der Waals surface area (Å²) in [5.74, 6) is -1.03. The number of benzene rings is 2. The molecule has 0 radical (unpaired) electrons. The molecular formula is C22H21N3O4. The molecule has 7 nitrogen and oxygen atoms in total. The summed E-state index contributed by atoms with van der Waals surface area (Å²) in [4.78, 5) is 30.1. The summed E-state index contributed by atoms with van der Waals surface area (Å²) in [5, 5.41) is 15.1. The summed E-state index contributed by atoms with van der Waals surface area (Å²) < 4.78 is 5.09. The van der Waals surface area contributed by atoms with Crippen molar-refractivity contribution in [2.24, 2.45) is 10.9 Å². The van der Waals surface area contributed by atoms with Crippen molar-refractivity contribution in [3.8, 4) is 5.75 Å². The number of nitrogens with zero attached hydrogens (tertiary/aromatic N) is 2. The zero-order valence-electron chi connectivity index (χ0n) is 16.4. The van der Waals surface area contributed by atoms with E-state index in [1.165, 1.54) is 0 Å². The second-order valence-electron chi connectivity index (χ2n) is 7.06. The maximum atomic E-state index is 13.1. The molecule has 0 saturated heterocycles. The number of ether oxygens (including phenoxy) is 1. The fraction of sp³-hybridized carbons (Fsp3) is 0.227. The molecule has 2 aromatic rings. The van der Waals surface area contributed by atoms with Crippen LogP contribution in [0.2, 0.25) is 0 Å². The molecule has 148 valence electrons. The van der Waals surface area contributed by atoms with Gasteiger partial charge in [0.2, 0.25) is 0 Å². The Balaban J connectivity index is 1.60. The lowest BCUT2D eigenvalue weighted by atomic mass is 9.72. The van der Waals surface area contributed by atoms with E-state index >= 15 is 0 Å². The number of amides is 1. The lowest BCUT2D eigenvalue weighted by Crippen LogP contribution is -3.13. The quantitative estimate of drug-likeness (QED) is 0.820. The molecule has 29 heavy (non-hydrogen) atoms. The number of ketones is 1. The van der Waals surface area contributed by atoms with Crippen molar-refractivity contribution in [1.82, 2.24) is 0 Å². The van der Waals surface area contributed by atoms with Gasteiger partial charge in [0.15, 0.2) is 5.78 Å². The largest absolute Gasteiger partial charge is 0.847 e. The van der Waals surface area contributed by atoms with Gasteiger partial charge in [0.1, 0.15) is 11.4 Å². The molecular weight excluding hydrogens is 370 g/mol. The Labute approximate surface area is 168 Å². The fourth-order valence-electron chi connectivity index (χ4n) is 3.75. The van der Waals surface area contributed by atoms with Crippen LogP contribution in [0, 0.1) is 5.92 Å². The van der Waals surface area contributed by atoms with Gasteiger partial charge in [-0.1, -0.05) is 24.3 Å². The van der Waals surface area contributed by atoms with E-state index in [0.29, 0.717) is 22.8 Å². The lowest BCUT2D eigenvalue weighted by molar-refractivity contribution is -0.837. The standard InChI is InChI=1S/C22H20N3O4/c1-13-17(22(28)25(24(13)2)15-7-5-4-6-8-15)18-20(26)19(21(18)27)23-14-9-11-16(29-3)12-10-14/h4-12,18,20H,1-3H3/q-1/p+1. The van der Waals surface area contributed by atoms with Gasteiger partial charge < -0.3 is 9.84 Å². The number of carbonyl (C=O) groups is 2. The van der Waals surface area contributed by atoms with Crippen LogP contribution in [0.3, 0.4) is 0 Å². The van der Waals surface area contributed by atoms with Gasteiger partial charge in [-0.05, 0) is 36.4 Å². The number of methoxy groups -OCH3 is 1. The first-order valence-corrected chi connectivity index (χ1v) is 9.31. The molecule has 0 aromatic heterocycles. The second-order valence-corrected chi connectivity index (χ2v) is 7.06. The Bertz CT molecular complexity index is 1030. The predicted molar refractivity (Wildman–Crippen MR) is 106 cm³/mol. The van der Waals surface area contributed by atoms with Crippen LogP contribution in [-0.2, 0) is 9.59 Å². The summed E-state index contributed by atoms with van der Waals surface area (Å²) in [6, 6.07) is 16.0. The number of aliphatic imine (C=N–C) groups is 1. The SMILES string of the molecule is COc1ccc(N=C2C(=O)C(C3=C(C)[NH+](C)N(c4ccccc4)C3=O)C2[O-])cc1. The maximum absolute atomic E-state index is 13.1. The third kappa shape index (κ3) is 3.04. The van der Waals surface area contributed by atoms with E-state index in [4.69, 9.17) is 4.74 Å². The molecule has 2 aliphatic rings. The van der Waals surface area contributed by atoms with Crippen LogP contribution < -0.4 is 19.9 Å². The highest BCUT2D eigenvalue weighted by Gasteiger charge is 2.51. The van der Waals surface area contributed by atoms with Crippen molar-refractivity contribution in [1.29, 1.82) is 0 Å². The molecule has 0 bridgehead atoms. The van der Waals surface area contributed by atoms with Crippen LogP contribution in [0.1, 0.15) is 6.92 Å². The van der Waals surface area contributed by atoms with Gasteiger partial charge in [-0.25, -0.2) is 0 Å². The molecule has 2 aromatic carbocycles. The molecule has 7 heteroatoms. The van der Waals surface area contributed by atoms with Crippen LogP contribution in [0.15, 0.2) is 70.9 Å². The smallest absolute Gasteiger partial charge is 0.306 e. The van der Waals surface area contributed by atoms with E-state index in [1.807, 2.05) is 37.4 Å². The molecule has 1 saturated carbocycles. The molecule has 0 spiro atoms. The van der Waals surface area contributed by atoms with E-state index in [1.54, 1.807) is 43.3 Å². The highest BCUT2D eigenvalue weighted by molar-refractivity contribution is 6.51. The van der Waals surface area contributed by atoms with E-state index in [9.17, 15) is 14.7 Å². The number of Topliss-reactive ketones (excluding diaryl/α,β-unsaturated/α-hetero) is 1. The van der Waals surface area contributed by atoms with Gasteiger partial charge in [-0.15, -0.1) is 5.01 Å². The third-order valence-electron chi connectivity index (χ3n) is 5.47. The first kappa shape index (κ1) is 19.0. The molecule has 3 unspecified atom stereocenters. The van der Waals surface area contributed by atoms with Crippen molar-refractivity contribution in [2.75, 3.05) is 19.2 Å². The van der Waals surface area contributed by atoms with Crippen molar-refractivity contribution in [2.45, 2.75) is 13.0 Å². The van der Waals surface area contributed by atoms with Crippen molar-refractivity contribution in [3.63, 3.8) is 0 Å². The summed E-state index contributed by atoms with van der Waals surface area (Å²) >= 11 is 0. The topological polar surface area (TPSA) is 86.5 Å². The van der Waals surface area contributed by atoms with E-state index in [2.05, 4.69) is 4.99 Å². The summed E-state index contributed by atoms with van der Waals surface area (Å²) in [6.45, 7) is 1.78. The molecule has 1 heterocycles. The Morgan fingerprint density at radius 1 is 1.07 bits per heavy atom. The van der Waals surface area contributed by atoms with E-state index in [0.717, 1.165) is 5.01 Å². The van der Waals surface area contributed by atoms with Crippen molar-refractivity contribution < 1.29 is 24.4 Å². The molecule has 1 N–H and O–H groups in total. The summed E-state index contributed by atoms with van der Waals surface area (Å²) in [7, 11) is 3.38. The van der Waals surface area contributed by atoms with E-state index in [-0.39, 0.29) is 23.0 Å². The van der Waals surface area contributed by atoms with Crippen LogP contribution >= 0.6 is 0 Å². The summed E-state index contributed by atoms with van der Waals surface area (Å²) in [5.41, 5.74) is 2.15. The number of anilines is 1. The number of hydrogen-bond acceptors (Lipinski definition) is 5. The third-order valence-corrected chi connectivity index (χ3v) is 5.47. The number of nitrogens with one attached hydrogen (secondary N) is 1. The molecule has 4 rings (SSSR count). The summed E-state index contributed by atoms with van der Waals surface area (Å²) in [6.07, 6.45) is -1.36. The molecule has 1 amide bonds. The molecule has 1 fully saturated rings. The number of rotatable bonds is 4. The number of carbonyl (C=O) groups excluding carboxylic acids is 2. The average molecular weight is 391 g/mol. The number of quaternary nitrogens is 1. The Morgan fingerprint density at radius 3 is 2.31 bits per heavy atom. The minimum atomic E-state index is -1.36. The van der Waals surface area contributed by atoms with Gasteiger partial charge in [0.05, 0.1) is 42.7 Å². The van der Waals surface area contributed by atoms with Gasteiger partial charge in [-0.3, -0.25) is 14.6 Å². The maximum Gasteiger partial charge on any atom is 0.306 e. The van der Waals surface area contributed by atoms with Crippen molar-refractivity contribution >= 4 is 28.8 Å². The number of hydrogen-bond donors (Lipinski definition) is 1. The average Bonchev–Trinajstić information content (AvgIpc) is 2.96. The van der Waals surface area contributed by atoms with Crippen LogP contribution in [-0.4, -0.2) is 37.7 Å². The zero-order chi connectivity index (χ0) is 20.7. The number of para-hydroxylation sites is 1. The zero-order valence-corrected chi connectivity index (χ0v) is 16.4. The highest BCUT2D eigenvalue weighted by atomic mass is 16.5. The Morgan fingerprint density at radius 2 is 1.72 bits per heavy atom. The minimum absolute atomic E-state index is 0.0379. The Hall–Kier alpha value is -3.29. The molecule has 1 aliphatic heterocycles. The monoisotopic (exact) mass is 391 g/mol. The first-order valence-electron chi connectivity index (χ1n) is 9.31. The highest BCUT2D eigenvalue weighted by Crippen LogP contribution is 2.33. The van der Waals surface area contributed by atoms with Gasteiger partial charge in [-0.2, -0.15) is 5.01 Å². The first-order chi connectivity index (χ1) is 13.9. The second kappa shape index (κ2) is 7.27. The van der Waals surface area contributed by atoms with E-state index < -0.39 is 12.0 Å².